The standard InChI is InChI=1S/C25H24N2O2S/c1-4-13-29-22-12-10-18-7-5-6-8-19(18)20(22)15-23-24(28)27-25(30-23)26-21-11-9-16(2)14-17(21)3/h5-12,14-15H,4,13H2,1-3H3,(H,26,27,28)/b23-15+. The van der Waals surface area contributed by atoms with Gasteiger partial charge in [0.1, 0.15) is 5.75 Å². The van der Waals surface area contributed by atoms with E-state index in [2.05, 4.69) is 48.4 Å². The molecule has 3 aromatic rings. The molecule has 0 saturated carbocycles. The topological polar surface area (TPSA) is 50.7 Å². The number of aliphatic imine (C=N–C) groups is 1. The van der Waals surface area contributed by atoms with Crippen LogP contribution in [0, 0.1) is 13.8 Å². The Bertz CT molecular complexity index is 1180. The summed E-state index contributed by atoms with van der Waals surface area (Å²) in [7, 11) is 0. The zero-order chi connectivity index (χ0) is 21.1. The Labute approximate surface area is 181 Å². The Morgan fingerprint density at radius 2 is 1.93 bits per heavy atom. The van der Waals surface area contributed by atoms with Crippen LogP contribution in [0.15, 0.2) is 64.5 Å². The molecule has 0 aliphatic carbocycles. The zero-order valence-electron chi connectivity index (χ0n) is 17.4. The number of amidine groups is 1. The summed E-state index contributed by atoms with van der Waals surface area (Å²) in [6, 6.07) is 18.3. The fourth-order valence-electron chi connectivity index (χ4n) is 3.41. The number of thioether (sulfide) groups is 1. The van der Waals surface area contributed by atoms with Crippen LogP contribution < -0.4 is 10.1 Å². The van der Waals surface area contributed by atoms with Gasteiger partial charge in [-0.25, -0.2) is 4.99 Å². The molecule has 1 aliphatic heterocycles. The number of amides is 1. The van der Waals surface area contributed by atoms with Crippen molar-refractivity contribution in [2.24, 2.45) is 4.99 Å². The van der Waals surface area contributed by atoms with Gasteiger partial charge in [0.2, 0.25) is 0 Å². The lowest BCUT2D eigenvalue weighted by molar-refractivity contribution is -0.115. The van der Waals surface area contributed by atoms with Crippen molar-refractivity contribution < 1.29 is 9.53 Å². The summed E-state index contributed by atoms with van der Waals surface area (Å²) >= 11 is 1.36. The maximum Gasteiger partial charge on any atom is 0.264 e. The predicted molar refractivity (Wildman–Crippen MR) is 126 cm³/mol. The van der Waals surface area contributed by atoms with Gasteiger partial charge in [0.15, 0.2) is 5.17 Å². The average Bonchev–Trinajstić information content (AvgIpc) is 3.08. The molecule has 1 heterocycles. The lowest BCUT2D eigenvalue weighted by Crippen LogP contribution is -2.19. The van der Waals surface area contributed by atoms with E-state index in [0.717, 1.165) is 39.8 Å². The smallest absolute Gasteiger partial charge is 0.264 e. The monoisotopic (exact) mass is 416 g/mol. The highest BCUT2D eigenvalue weighted by atomic mass is 32.2. The Kier molecular flexibility index (Phi) is 5.91. The van der Waals surface area contributed by atoms with Crippen LogP contribution in [0.25, 0.3) is 16.8 Å². The lowest BCUT2D eigenvalue weighted by atomic mass is 10.0. The Hall–Kier alpha value is -3.05. The molecule has 0 atom stereocenters. The summed E-state index contributed by atoms with van der Waals surface area (Å²) in [5.74, 6) is 0.647. The number of aryl methyl sites for hydroxylation is 2. The molecule has 30 heavy (non-hydrogen) atoms. The number of hydrogen-bond donors (Lipinski definition) is 1. The minimum Gasteiger partial charge on any atom is -0.493 e. The molecule has 5 heteroatoms. The van der Waals surface area contributed by atoms with Crippen molar-refractivity contribution in [1.29, 1.82) is 0 Å². The van der Waals surface area contributed by atoms with E-state index in [-0.39, 0.29) is 5.91 Å². The second-order valence-corrected chi connectivity index (χ2v) is 8.35. The predicted octanol–water partition coefficient (Wildman–Crippen LogP) is 6.14. The van der Waals surface area contributed by atoms with Gasteiger partial charge in [-0.1, -0.05) is 55.0 Å². The number of carbonyl (C=O) groups excluding carboxylic acids is 1. The minimum atomic E-state index is -0.141. The first-order chi connectivity index (χ1) is 14.5. The summed E-state index contributed by atoms with van der Waals surface area (Å²) in [5.41, 5.74) is 4.06. The first kappa shape index (κ1) is 20.2. The third-order valence-electron chi connectivity index (χ3n) is 4.89. The molecular weight excluding hydrogens is 392 g/mol. The highest BCUT2D eigenvalue weighted by Gasteiger charge is 2.25. The highest BCUT2D eigenvalue weighted by Crippen LogP contribution is 2.35. The first-order valence-corrected chi connectivity index (χ1v) is 10.9. The Morgan fingerprint density at radius 1 is 1.10 bits per heavy atom. The van der Waals surface area contributed by atoms with E-state index < -0.39 is 0 Å². The van der Waals surface area contributed by atoms with Gasteiger partial charge in [-0.3, -0.25) is 4.79 Å². The van der Waals surface area contributed by atoms with Crippen LogP contribution in [0.4, 0.5) is 5.69 Å². The normalized spacial score (nSPS) is 16.4. The number of fused-ring (bicyclic) bond motifs is 1. The van der Waals surface area contributed by atoms with Gasteiger partial charge < -0.3 is 10.1 Å². The molecule has 0 radical (unpaired) electrons. The summed E-state index contributed by atoms with van der Waals surface area (Å²) in [5, 5.41) is 5.66. The number of hydrogen-bond acceptors (Lipinski definition) is 4. The molecule has 0 spiro atoms. The summed E-state index contributed by atoms with van der Waals surface area (Å²) < 4.78 is 5.97. The summed E-state index contributed by atoms with van der Waals surface area (Å²) in [6.45, 7) is 6.79. The van der Waals surface area contributed by atoms with Crippen LogP contribution in [0.1, 0.15) is 30.0 Å². The van der Waals surface area contributed by atoms with Gasteiger partial charge in [-0.15, -0.1) is 0 Å². The number of nitrogens with zero attached hydrogens (tertiary/aromatic N) is 1. The fourth-order valence-corrected chi connectivity index (χ4v) is 4.23. The molecule has 4 rings (SSSR count). The number of rotatable bonds is 5. The lowest BCUT2D eigenvalue weighted by Gasteiger charge is -2.11. The number of benzene rings is 3. The fraction of sp³-hybridized carbons (Fsp3) is 0.200. The molecule has 0 bridgehead atoms. The van der Waals surface area contributed by atoms with E-state index in [1.807, 2.05) is 43.3 Å². The Morgan fingerprint density at radius 3 is 2.73 bits per heavy atom. The van der Waals surface area contributed by atoms with Crippen molar-refractivity contribution in [3.63, 3.8) is 0 Å². The van der Waals surface area contributed by atoms with Crippen molar-refractivity contribution in [2.75, 3.05) is 6.61 Å². The van der Waals surface area contributed by atoms with Crippen LogP contribution in [0.5, 0.6) is 5.75 Å². The molecule has 1 amide bonds. The van der Waals surface area contributed by atoms with E-state index in [0.29, 0.717) is 16.7 Å². The maximum atomic E-state index is 12.7. The van der Waals surface area contributed by atoms with Crippen molar-refractivity contribution in [2.45, 2.75) is 27.2 Å². The molecule has 1 fully saturated rings. The quantitative estimate of drug-likeness (QED) is 0.509. The van der Waals surface area contributed by atoms with Crippen LogP contribution in [0.3, 0.4) is 0 Å². The second kappa shape index (κ2) is 8.76. The van der Waals surface area contributed by atoms with Gasteiger partial charge in [-0.2, -0.15) is 0 Å². The van der Waals surface area contributed by atoms with Gasteiger partial charge >= 0.3 is 0 Å². The molecule has 1 aliphatic rings. The molecule has 3 aromatic carbocycles. The summed E-state index contributed by atoms with van der Waals surface area (Å²) in [6.07, 6.45) is 2.84. The van der Waals surface area contributed by atoms with Gasteiger partial charge in [0, 0.05) is 5.56 Å². The van der Waals surface area contributed by atoms with E-state index in [4.69, 9.17) is 4.74 Å². The van der Waals surface area contributed by atoms with E-state index in [1.54, 1.807) is 0 Å². The van der Waals surface area contributed by atoms with Crippen LogP contribution in [-0.4, -0.2) is 17.7 Å². The Balaban J connectivity index is 1.72. The van der Waals surface area contributed by atoms with E-state index in [1.165, 1.54) is 17.3 Å². The van der Waals surface area contributed by atoms with Crippen LogP contribution in [0.2, 0.25) is 0 Å². The van der Waals surface area contributed by atoms with E-state index in [9.17, 15) is 4.79 Å². The maximum absolute atomic E-state index is 12.7. The van der Waals surface area contributed by atoms with Crippen LogP contribution >= 0.6 is 11.8 Å². The number of ether oxygens (including phenoxy) is 1. The summed E-state index contributed by atoms with van der Waals surface area (Å²) in [4.78, 5) is 17.9. The second-order valence-electron chi connectivity index (χ2n) is 7.32. The third-order valence-corrected chi connectivity index (χ3v) is 5.80. The van der Waals surface area contributed by atoms with Gasteiger partial charge in [-0.05, 0) is 66.6 Å². The molecule has 1 saturated heterocycles. The molecule has 0 unspecified atom stereocenters. The largest absolute Gasteiger partial charge is 0.493 e. The minimum absolute atomic E-state index is 0.141. The van der Waals surface area contributed by atoms with Crippen molar-refractivity contribution in [1.82, 2.24) is 5.32 Å². The average molecular weight is 417 g/mol. The van der Waals surface area contributed by atoms with Gasteiger partial charge in [0.25, 0.3) is 5.91 Å². The van der Waals surface area contributed by atoms with Gasteiger partial charge in [0.05, 0.1) is 17.2 Å². The molecule has 1 N–H and O–H groups in total. The number of carbonyl (C=O) groups is 1. The first-order valence-electron chi connectivity index (χ1n) is 10.1. The molecular formula is C25H24N2O2S. The molecule has 4 nitrogen and oxygen atoms in total. The van der Waals surface area contributed by atoms with Crippen molar-refractivity contribution in [3.8, 4) is 5.75 Å². The van der Waals surface area contributed by atoms with Crippen molar-refractivity contribution >= 4 is 45.4 Å². The number of nitrogens with one attached hydrogen (secondary N) is 1. The van der Waals surface area contributed by atoms with Crippen LogP contribution in [-0.2, 0) is 4.79 Å². The third kappa shape index (κ3) is 4.26. The zero-order valence-corrected chi connectivity index (χ0v) is 18.2. The van der Waals surface area contributed by atoms with Crippen molar-refractivity contribution in [3.05, 3.63) is 76.2 Å². The molecule has 152 valence electrons. The van der Waals surface area contributed by atoms with E-state index >= 15 is 0 Å². The SMILES string of the molecule is CCCOc1ccc2ccccc2c1/C=C1/SC(=Nc2ccc(C)cc2C)NC1=O. The molecule has 0 aromatic heterocycles. The highest BCUT2D eigenvalue weighted by molar-refractivity contribution is 8.18.